The van der Waals surface area contributed by atoms with Crippen molar-refractivity contribution in [3.63, 3.8) is 0 Å². The third-order valence-electron chi connectivity index (χ3n) is 5.18. The summed E-state index contributed by atoms with van der Waals surface area (Å²) in [6, 6.07) is 20.6. The average Bonchev–Trinajstić information content (AvgIpc) is 3.12. The first-order valence-electron chi connectivity index (χ1n) is 9.60. The van der Waals surface area contributed by atoms with E-state index < -0.39 is 0 Å². The Morgan fingerprint density at radius 1 is 1.03 bits per heavy atom. The van der Waals surface area contributed by atoms with Gasteiger partial charge in [-0.3, -0.25) is 14.5 Å². The van der Waals surface area contributed by atoms with Crippen molar-refractivity contribution in [1.29, 1.82) is 0 Å². The Hall–Kier alpha value is -2.76. The van der Waals surface area contributed by atoms with Crippen LogP contribution in [0.15, 0.2) is 66.7 Å². The second kappa shape index (κ2) is 8.54. The van der Waals surface area contributed by atoms with Crippen LogP contribution in [-0.2, 0) is 4.79 Å². The van der Waals surface area contributed by atoms with Gasteiger partial charge in [-0.25, -0.2) is 0 Å². The molecular weight excluding hydrogens is 416 g/mol. The maximum Gasteiger partial charge on any atom is 0.255 e. The largest absolute Gasteiger partial charge is 0.322 e. The first kappa shape index (κ1) is 20.5. The Morgan fingerprint density at radius 2 is 1.80 bits per heavy atom. The van der Waals surface area contributed by atoms with Crippen molar-refractivity contribution in [2.45, 2.75) is 19.2 Å². The lowest BCUT2D eigenvalue weighted by Crippen LogP contribution is -2.27. The summed E-state index contributed by atoms with van der Waals surface area (Å²) in [4.78, 5) is 26.9. The van der Waals surface area contributed by atoms with Crippen molar-refractivity contribution >= 4 is 46.6 Å². The molecule has 30 heavy (non-hydrogen) atoms. The highest BCUT2D eigenvalue weighted by Gasteiger charge is 2.34. The molecule has 1 atom stereocenters. The fraction of sp³-hybridized carbons (Fsp3) is 0.167. The van der Waals surface area contributed by atoms with Crippen LogP contribution >= 0.6 is 23.4 Å². The molecule has 1 N–H and O–H groups in total. The van der Waals surface area contributed by atoms with E-state index in [1.165, 1.54) is 5.56 Å². The molecule has 4 nitrogen and oxygen atoms in total. The summed E-state index contributed by atoms with van der Waals surface area (Å²) >= 11 is 7.57. The van der Waals surface area contributed by atoms with Crippen molar-refractivity contribution in [2.75, 3.05) is 16.0 Å². The Kier molecular flexibility index (Phi) is 5.84. The van der Waals surface area contributed by atoms with Gasteiger partial charge in [-0.1, -0.05) is 35.9 Å². The number of nitrogens with one attached hydrogen (secondary N) is 1. The molecule has 152 valence electrons. The van der Waals surface area contributed by atoms with Crippen LogP contribution in [0.4, 0.5) is 11.4 Å². The zero-order valence-electron chi connectivity index (χ0n) is 16.7. The van der Waals surface area contributed by atoms with Crippen LogP contribution in [0, 0.1) is 13.8 Å². The Balaban J connectivity index is 1.53. The predicted octanol–water partition coefficient (Wildman–Crippen LogP) is 5.99. The number of nitrogens with zero attached hydrogens (tertiary/aromatic N) is 1. The summed E-state index contributed by atoms with van der Waals surface area (Å²) in [5.41, 5.74) is 5.49. The van der Waals surface area contributed by atoms with Gasteiger partial charge >= 0.3 is 0 Å². The van der Waals surface area contributed by atoms with Crippen LogP contribution in [0.5, 0.6) is 0 Å². The van der Waals surface area contributed by atoms with Crippen molar-refractivity contribution in [3.05, 3.63) is 94.0 Å². The van der Waals surface area contributed by atoms with E-state index in [1.807, 2.05) is 41.3 Å². The lowest BCUT2D eigenvalue weighted by Gasteiger charge is -2.25. The molecule has 1 aliphatic heterocycles. The standard InChI is InChI=1S/C24H21ClN2O2S/c1-15-6-11-21(12-16(15)2)27-22(28)14-30-24(27)17-7-9-20(10-8-17)26-23(29)18-4-3-5-19(25)13-18/h3-13,24H,14H2,1-2H3,(H,26,29). The highest BCUT2D eigenvalue weighted by atomic mass is 35.5. The zero-order chi connectivity index (χ0) is 21.3. The molecule has 0 bridgehead atoms. The number of benzene rings is 3. The first-order chi connectivity index (χ1) is 14.4. The predicted molar refractivity (Wildman–Crippen MR) is 124 cm³/mol. The summed E-state index contributed by atoms with van der Waals surface area (Å²) in [7, 11) is 0. The molecular formula is C24H21ClN2O2S. The molecule has 6 heteroatoms. The Bertz CT molecular complexity index is 1110. The second-order valence-electron chi connectivity index (χ2n) is 7.28. The third kappa shape index (κ3) is 4.23. The van der Waals surface area contributed by atoms with Gasteiger partial charge < -0.3 is 5.32 Å². The fourth-order valence-corrected chi connectivity index (χ4v) is 4.76. The van der Waals surface area contributed by atoms with Crippen molar-refractivity contribution in [1.82, 2.24) is 0 Å². The van der Waals surface area contributed by atoms with Crippen LogP contribution in [-0.4, -0.2) is 17.6 Å². The summed E-state index contributed by atoms with van der Waals surface area (Å²) < 4.78 is 0. The summed E-state index contributed by atoms with van der Waals surface area (Å²) in [6.45, 7) is 4.12. The number of hydrogen-bond acceptors (Lipinski definition) is 3. The van der Waals surface area contributed by atoms with Gasteiger partial charge in [-0.15, -0.1) is 11.8 Å². The molecule has 1 fully saturated rings. The lowest BCUT2D eigenvalue weighted by atomic mass is 10.1. The molecule has 2 amide bonds. The van der Waals surface area contributed by atoms with Crippen LogP contribution < -0.4 is 10.2 Å². The highest BCUT2D eigenvalue weighted by molar-refractivity contribution is 8.00. The summed E-state index contributed by atoms with van der Waals surface area (Å²) in [5, 5.41) is 3.32. The van der Waals surface area contributed by atoms with Gasteiger partial charge in [0.1, 0.15) is 5.37 Å². The fourth-order valence-electron chi connectivity index (χ4n) is 3.39. The number of rotatable bonds is 4. The minimum Gasteiger partial charge on any atom is -0.322 e. The molecule has 1 saturated heterocycles. The normalized spacial score (nSPS) is 16.0. The molecule has 0 aromatic heterocycles. The number of amides is 2. The number of thioether (sulfide) groups is 1. The first-order valence-corrected chi connectivity index (χ1v) is 11.0. The number of halogens is 1. The topological polar surface area (TPSA) is 49.4 Å². The van der Waals surface area contributed by atoms with Crippen molar-refractivity contribution < 1.29 is 9.59 Å². The van der Waals surface area contributed by atoms with Crippen molar-refractivity contribution in [3.8, 4) is 0 Å². The molecule has 0 saturated carbocycles. The van der Waals surface area contributed by atoms with Crippen molar-refractivity contribution in [2.24, 2.45) is 0 Å². The molecule has 3 aromatic rings. The SMILES string of the molecule is Cc1ccc(N2C(=O)CSC2c2ccc(NC(=O)c3cccc(Cl)c3)cc2)cc1C. The molecule has 1 heterocycles. The number of aryl methyl sites for hydroxylation is 2. The summed E-state index contributed by atoms with van der Waals surface area (Å²) in [5.74, 6) is 0.337. The van der Waals surface area contributed by atoms with Gasteiger partial charge in [0.2, 0.25) is 5.91 Å². The third-order valence-corrected chi connectivity index (χ3v) is 6.62. The number of hydrogen-bond donors (Lipinski definition) is 1. The molecule has 3 aromatic carbocycles. The number of carbonyl (C=O) groups excluding carboxylic acids is 2. The molecule has 0 aliphatic carbocycles. The van der Waals surface area contributed by atoms with Crippen LogP contribution in [0.2, 0.25) is 5.02 Å². The monoisotopic (exact) mass is 436 g/mol. The van der Waals surface area contributed by atoms with Crippen LogP contribution in [0.1, 0.15) is 32.4 Å². The molecule has 0 spiro atoms. The van der Waals surface area contributed by atoms with Crippen LogP contribution in [0.3, 0.4) is 0 Å². The Labute approximate surface area is 185 Å². The minimum absolute atomic E-state index is 0.0858. The van der Waals surface area contributed by atoms with E-state index >= 15 is 0 Å². The molecule has 0 radical (unpaired) electrons. The average molecular weight is 437 g/mol. The van der Waals surface area contributed by atoms with Gasteiger partial charge in [0.05, 0.1) is 5.75 Å². The van der Waals surface area contributed by atoms with E-state index in [2.05, 4.69) is 25.2 Å². The van der Waals surface area contributed by atoms with E-state index in [9.17, 15) is 9.59 Å². The van der Waals surface area contributed by atoms with Gasteiger partial charge in [0.25, 0.3) is 5.91 Å². The van der Waals surface area contributed by atoms with Gasteiger partial charge in [0.15, 0.2) is 0 Å². The van der Waals surface area contributed by atoms with E-state index in [1.54, 1.807) is 36.0 Å². The smallest absolute Gasteiger partial charge is 0.255 e. The maximum absolute atomic E-state index is 12.6. The Morgan fingerprint density at radius 3 is 2.50 bits per heavy atom. The highest BCUT2D eigenvalue weighted by Crippen LogP contribution is 2.42. The van der Waals surface area contributed by atoms with E-state index in [4.69, 9.17) is 11.6 Å². The maximum atomic E-state index is 12.6. The minimum atomic E-state index is -0.215. The van der Waals surface area contributed by atoms with E-state index in [0.29, 0.717) is 22.0 Å². The number of anilines is 2. The quantitative estimate of drug-likeness (QED) is 0.546. The van der Waals surface area contributed by atoms with Gasteiger partial charge in [-0.2, -0.15) is 0 Å². The lowest BCUT2D eigenvalue weighted by molar-refractivity contribution is -0.115. The van der Waals surface area contributed by atoms with E-state index in [0.717, 1.165) is 16.8 Å². The summed E-state index contributed by atoms with van der Waals surface area (Å²) in [6.07, 6.45) is 0. The van der Waals surface area contributed by atoms with Gasteiger partial charge in [-0.05, 0) is 73.0 Å². The number of carbonyl (C=O) groups is 2. The molecule has 1 unspecified atom stereocenters. The zero-order valence-corrected chi connectivity index (χ0v) is 18.3. The molecule has 1 aliphatic rings. The second-order valence-corrected chi connectivity index (χ2v) is 8.79. The van der Waals surface area contributed by atoms with Gasteiger partial charge in [0, 0.05) is 22.0 Å². The van der Waals surface area contributed by atoms with Crippen LogP contribution in [0.25, 0.3) is 0 Å². The van der Waals surface area contributed by atoms with E-state index in [-0.39, 0.29) is 17.2 Å². The molecule has 4 rings (SSSR count).